The van der Waals surface area contributed by atoms with Crippen molar-refractivity contribution in [2.45, 2.75) is 71.4 Å². The molecule has 1 aliphatic carbocycles. The molecule has 2 nitrogen and oxygen atoms in total. The summed E-state index contributed by atoms with van der Waals surface area (Å²) in [5, 5.41) is 1.45. The summed E-state index contributed by atoms with van der Waals surface area (Å²) in [6, 6.07) is 10.9. The number of hydrogen-bond acceptors (Lipinski definition) is 2. The van der Waals surface area contributed by atoms with E-state index in [2.05, 4.69) is 77.7 Å². The second kappa shape index (κ2) is 5.86. The standard InChI is InChI=1S/C20H31BO2Si/c1-19(2)20(3,4)23-21(22-19)18(24(5,6)7)17(16-13-14-16)15-11-9-8-10-12-15/h8-12,16H,13-14H2,1-7H3/b18-17+. The third-order valence-electron chi connectivity index (χ3n) is 5.66. The van der Waals surface area contributed by atoms with Crippen LogP contribution in [0.15, 0.2) is 35.4 Å². The van der Waals surface area contributed by atoms with Crippen molar-refractivity contribution in [2.24, 2.45) is 5.92 Å². The molecule has 0 bridgehead atoms. The zero-order valence-corrected chi connectivity index (χ0v) is 17.3. The fourth-order valence-electron chi connectivity index (χ4n) is 3.45. The van der Waals surface area contributed by atoms with Gasteiger partial charge in [0.2, 0.25) is 0 Å². The van der Waals surface area contributed by atoms with Crippen molar-refractivity contribution in [3.05, 3.63) is 41.0 Å². The predicted molar refractivity (Wildman–Crippen MR) is 106 cm³/mol. The molecule has 1 heterocycles. The number of rotatable bonds is 4. The van der Waals surface area contributed by atoms with Crippen LogP contribution in [0.25, 0.3) is 5.57 Å². The van der Waals surface area contributed by atoms with E-state index in [0.29, 0.717) is 5.92 Å². The van der Waals surface area contributed by atoms with Gasteiger partial charge in [-0.1, -0.05) is 50.0 Å². The molecular weight excluding hydrogens is 311 g/mol. The molecule has 1 saturated heterocycles. The van der Waals surface area contributed by atoms with Gasteiger partial charge in [0.15, 0.2) is 0 Å². The Hall–Kier alpha value is -0.838. The van der Waals surface area contributed by atoms with Gasteiger partial charge in [0.1, 0.15) is 0 Å². The van der Waals surface area contributed by atoms with Crippen molar-refractivity contribution >= 4 is 20.8 Å². The van der Waals surface area contributed by atoms with E-state index in [1.165, 1.54) is 29.1 Å². The molecule has 0 unspecified atom stereocenters. The Labute approximate surface area is 148 Å². The van der Waals surface area contributed by atoms with Crippen molar-refractivity contribution in [3.63, 3.8) is 0 Å². The second-order valence-corrected chi connectivity index (χ2v) is 14.3. The first-order chi connectivity index (χ1) is 11.0. The van der Waals surface area contributed by atoms with Crippen LogP contribution >= 0.6 is 0 Å². The molecule has 4 heteroatoms. The van der Waals surface area contributed by atoms with Gasteiger partial charge in [0.25, 0.3) is 0 Å². The zero-order chi connectivity index (χ0) is 17.8. The summed E-state index contributed by atoms with van der Waals surface area (Å²) in [4.78, 5) is 0. The maximum atomic E-state index is 6.49. The van der Waals surface area contributed by atoms with E-state index < -0.39 is 8.07 Å². The smallest absolute Gasteiger partial charge is 0.400 e. The highest BCUT2D eigenvalue weighted by molar-refractivity contribution is 6.96. The van der Waals surface area contributed by atoms with Gasteiger partial charge in [-0.3, -0.25) is 0 Å². The molecule has 1 aliphatic heterocycles. The molecule has 130 valence electrons. The maximum absolute atomic E-state index is 6.49. The highest BCUT2D eigenvalue weighted by Gasteiger charge is 2.55. The fourth-order valence-corrected chi connectivity index (χ4v) is 5.43. The van der Waals surface area contributed by atoms with Crippen LogP contribution in [0, 0.1) is 5.92 Å². The first-order valence-corrected chi connectivity index (χ1v) is 12.7. The highest BCUT2D eigenvalue weighted by Crippen LogP contribution is 2.48. The average molecular weight is 342 g/mol. The van der Waals surface area contributed by atoms with Crippen LogP contribution in [0.2, 0.25) is 19.6 Å². The Morgan fingerprint density at radius 2 is 1.46 bits per heavy atom. The molecule has 0 spiro atoms. The lowest BCUT2D eigenvalue weighted by Gasteiger charge is -2.32. The summed E-state index contributed by atoms with van der Waals surface area (Å²) in [6.07, 6.45) is 2.58. The summed E-state index contributed by atoms with van der Waals surface area (Å²) in [6.45, 7) is 15.8. The number of hydrogen-bond donors (Lipinski definition) is 0. The summed E-state index contributed by atoms with van der Waals surface area (Å²) >= 11 is 0. The van der Waals surface area contributed by atoms with Crippen LogP contribution in [0.1, 0.15) is 46.1 Å². The molecule has 2 aliphatic rings. The molecule has 0 amide bonds. The van der Waals surface area contributed by atoms with Gasteiger partial charge >= 0.3 is 7.12 Å². The Morgan fingerprint density at radius 1 is 0.958 bits per heavy atom. The van der Waals surface area contributed by atoms with Gasteiger partial charge < -0.3 is 9.31 Å². The first-order valence-electron chi connectivity index (χ1n) is 9.18. The van der Waals surface area contributed by atoms with Crippen LogP contribution in [0.3, 0.4) is 0 Å². The van der Waals surface area contributed by atoms with Crippen LogP contribution in [-0.4, -0.2) is 26.4 Å². The zero-order valence-electron chi connectivity index (χ0n) is 16.3. The van der Waals surface area contributed by atoms with Gasteiger partial charge in [0, 0.05) is 0 Å². The third kappa shape index (κ3) is 3.29. The molecule has 3 rings (SSSR count). The Balaban J connectivity index is 2.13. The van der Waals surface area contributed by atoms with E-state index in [-0.39, 0.29) is 18.3 Å². The second-order valence-electron chi connectivity index (χ2n) is 9.31. The topological polar surface area (TPSA) is 18.5 Å². The molecule has 0 radical (unpaired) electrons. The van der Waals surface area contributed by atoms with E-state index in [0.717, 1.165) is 0 Å². The van der Waals surface area contributed by atoms with Gasteiger partial charge in [-0.15, -0.1) is 0 Å². The monoisotopic (exact) mass is 342 g/mol. The minimum absolute atomic E-state index is 0.211. The minimum Gasteiger partial charge on any atom is -0.400 e. The maximum Gasteiger partial charge on any atom is 0.486 e. The van der Waals surface area contributed by atoms with Crippen molar-refractivity contribution < 1.29 is 9.31 Å². The molecule has 24 heavy (non-hydrogen) atoms. The molecule has 1 aromatic rings. The van der Waals surface area contributed by atoms with E-state index in [4.69, 9.17) is 9.31 Å². The predicted octanol–water partition coefficient (Wildman–Crippen LogP) is 5.36. The third-order valence-corrected chi connectivity index (χ3v) is 7.78. The molecule has 1 aromatic carbocycles. The van der Waals surface area contributed by atoms with Crippen molar-refractivity contribution in [1.82, 2.24) is 0 Å². The lowest BCUT2D eigenvalue weighted by Crippen LogP contribution is -2.41. The van der Waals surface area contributed by atoms with Gasteiger partial charge in [0.05, 0.1) is 19.3 Å². The largest absolute Gasteiger partial charge is 0.486 e. The van der Waals surface area contributed by atoms with Crippen LogP contribution in [0.4, 0.5) is 0 Å². The molecular formula is C20H31BO2Si. The van der Waals surface area contributed by atoms with Gasteiger partial charge in [-0.2, -0.15) is 0 Å². The van der Waals surface area contributed by atoms with E-state index in [9.17, 15) is 0 Å². The Kier molecular flexibility index (Phi) is 4.39. The summed E-state index contributed by atoms with van der Waals surface area (Å²) in [5.74, 6) is 0.674. The SMILES string of the molecule is CC1(C)OB(/C(=C(/c2ccccc2)C2CC2)[Si](C)(C)C)OC1(C)C. The van der Waals surface area contributed by atoms with Crippen molar-refractivity contribution in [1.29, 1.82) is 0 Å². The van der Waals surface area contributed by atoms with E-state index in [1.807, 2.05) is 0 Å². The van der Waals surface area contributed by atoms with Crippen LogP contribution < -0.4 is 0 Å². The fraction of sp³-hybridized carbons (Fsp3) is 0.600. The normalized spacial score (nSPS) is 24.0. The van der Waals surface area contributed by atoms with Gasteiger partial charge in [-0.25, -0.2) is 0 Å². The molecule has 0 N–H and O–H groups in total. The van der Waals surface area contributed by atoms with Crippen LogP contribution in [-0.2, 0) is 9.31 Å². The summed E-state index contributed by atoms with van der Waals surface area (Å²) < 4.78 is 13.0. The molecule has 1 saturated carbocycles. The average Bonchev–Trinajstić information content (AvgIpc) is 3.23. The Bertz CT molecular complexity index is 623. The van der Waals surface area contributed by atoms with Crippen LogP contribution in [0.5, 0.6) is 0 Å². The quantitative estimate of drug-likeness (QED) is 0.686. The first kappa shape index (κ1) is 18.0. The van der Waals surface area contributed by atoms with Crippen molar-refractivity contribution in [2.75, 3.05) is 0 Å². The molecule has 0 atom stereocenters. The van der Waals surface area contributed by atoms with Crippen molar-refractivity contribution in [3.8, 4) is 0 Å². The molecule has 2 fully saturated rings. The lowest BCUT2D eigenvalue weighted by atomic mass is 9.82. The minimum atomic E-state index is -1.62. The number of benzene rings is 1. The summed E-state index contributed by atoms with van der Waals surface area (Å²) in [5.41, 5.74) is 2.29. The lowest BCUT2D eigenvalue weighted by molar-refractivity contribution is 0.00578. The highest BCUT2D eigenvalue weighted by atomic mass is 28.3. The molecule has 0 aromatic heterocycles. The summed E-state index contributed by atoms with van der Waals surface area (Å²) in [7, 11) is -1.83. The Morgan fingerprint density at radius 3 is 1.88 bits per heavy atom. The van der Waals surface area contributed by atoms with Gasteiger partial charge in [-0.05, 0) is 62.7 Å². The van der Waals surface area contributed by atoms with E-state index in [1.54, 1.807) is 0 Å². The van der Waals surface area contributed by atoms with E-state index >= 15 is 0 Å². The number of allylic oxidation sites excluding steroid dienone is 1.